The van der Waals surface area contributed by atoms with E-state index in [4.69, 9.17) is 4.74 Å². The molecular weight excluding hydrogens is 324 g/mol. The smallest absolute Gasteiger partial charge is 0.255 e. The number of benzene rings is 2. The van der Waals surface area contributed by atoms with E-state index in [9.17, 15) is 4.79 Å². The second-order valence-corrected chi connectivity index (χ2v) is 6.18. The molecule has 0 atom stereocenters. The number of pyridine rings is 1. The Bertz CT molecular complexity index is 977. The number of hydrogen-bond donors (Lipinski definition) is 1. The molecule has 0 aliphatic heterocycles. The van der Waals surface area contributed by atoms with Gasteiger partial charge in [0.05, 0.1) is 7.11 Å². The van der Waals surface area contributed by atoms with E-state index in [2.05, 4.69) is 28.5 Å². The second kappa shape index (κ2) is 6.84. The van der Waals surface area contributed by atoms with E-state index in [0.29, 0.717) is 5.56 Å². The third kappa shape index (κ3) is 3.22. The highest BCUT2D eigenvalue weighted by molar-refractivity contribution is 6.04. The fraction of sp³-hybridized carbons (Fsp3) is 0.0909. The number of fused-ring (bicyclic) bond motifs is 1. The van der Waals surface area contributed by atoms with E-state index in [1.54, 1.807) is 37.6 Å². The van der Waals surface area contributed by atoms with E-state index >= 15 is 0 Å². The lowest BCUT2D eigenvalue weighted by Crippen LogP contribution is -2.11. The minimum absolute atomic E-state index is 0.137. The lowest BCUT2D eigenvalue weighted by Gasteiger charge is -2.08. The second-order valence-electron chi connectivity index (χ2n) is 6.18. The number of carbonyl (C=O) groups is 1. The number of anilines is 1. The first-order valence-electron chi connectivity index (χ1n) is 8.42. The van der Waals surface area contributed by atoms with Crippen molar-refractivity contribution in [2.24, 2.45) is 0 Å². The summed E-state index contributed by atoms with van der Waals surface area (Å²) in [6, 6.07) is 17.1. The van der Waals surface area contributed by atoms with E-state index in [0.717, 1.165) is 29.0 Å². The van der Waals surface area contributed by atoms with E-state index in [1.807, 2.05) is 24.4 Å². The Kier molecular flexibility index (Phi) is 4.23. The number of hydrogen-bond acceptors (Lipinski definition) is 3. The van der Waals surface area contributed by atoms with Gasteiger partial charge < -0.3 is 10.1 Å². The Labute approximate surface area is 152 Å². The number of nitrogens with one attached hydrogen (secondary N) is 1. The Morgan fingerprint density at radius 1 is 1.12 bits per heavy atom. The first-order chi connectivity index (χ1) is 12.7. The Morgan fingerprint density at radius 3 is 2.69 bits per heavy atom. The molecule has 1 amide bonds. The van der Waals surface area contributed by atoms with Crippen LogP contribution in [0.1, 0.15) is 27.0 Å². The summed E-state index contributed by atoms with van der Waals surface area (Å²) in [5.74, 6) is 0.592. The van der Waals surface area contributed by atoms with E-state index in [1.165, 1.54) is 11.1 Å². The molecule has 0 radical (unpaired) electrons. The van der Waals surface area contributed by atoms with Gasteiger partial charge in [-0.1, -0.05) is 18.2 Å². The van der Waals surface area contributed by atoms with Crippen LogP contribution in [0.25, 0.3) is 11.6 Å². The topological polar surface area (TPSA) is 51.2 Å². The molecule has 0 saturated carbocycles. The fourth-order valence-electron chi connectivity index (χ4n) is 3.10. The minimum Gasteiger partial charge on any atom is -0.497 e. The van der Waals surface area contributed by atoms with Crippen molar-refractivity contribution in [1.82, 2.24) is 4.98 Å². The van der Waals surface area contributed by atoms with Gasteiger partial charge in [0.1, 0.15) is 5.75 Å². The molecule has 26 heavy (non-hydrogen) atoms. The number of allylic oxidation sites excluding steroid dienone is 1. The molecule has 1 N–H and O–H groups in total. The summed E-state index contributed by atoms with van der Waals surface area (Å²) in [6.07, 6.45) is 6.70. The predicted octanol–water partition coefficient (Wildman–Crippen LogP) is 4.44. The molecule has 1 aliphatic rings. The molecule has 4 rings (SSSR count). The quantitative estimate of drug-likeness (QED) is 0.763. The van der Waals surface area contributed by atoms with Crippen molar-refractivity contribution < 1.29 is 9.53 Å². The largest absolute Gasteiger partial charge is 0.497 e. The molecule has 2 aromatic carbocycles. The molecular formula is C22H18N2O2. The zero-order valence-corrected chi connectivity index (χ0v) is 14.4. The van der Waals surface area contributed by atoms with Crippen LogP contribution in [-0.2, 0) is 6.42 Å². The number of methoxy groups -OCH3 is 1. The third-order valence-electron chi connectivity index (χ3n) is 4.50. The lowest BCUT2D eigenvalue weighted by molar-refractivity contribution is 0.102. The molecule has 4 nitrogen and oxygen atoms in total. The predicted molar refractivity (Wildman–Crippen MR) is 103 cm³/mol. The summed E-state index contributed by atoms with van der Waals surface area (Å²) >= 11 is 0. The molecule has 0 spiro atoms. The fourth-order valence-corrected chi connectivity index (χ4v) is 3.10. The molecule has 1 aromatic heterocycles. The first-order valence-corrected chi connectivity index (χ1v) is 8.42. The summed E-state index contributed by atoms with van der Waals surface area (Å²) < 4.78 is 5.12. The average Bonchev–Trinajstić information content (AvgIpc) is 3.12. The van der Waals surface area contributed by atoms with Crippen LogP contribution in [0.2, 0.25) is 0 Å². The summed E-state index contributed by atoms with van der Waals surface area (Å²) in [4.78, 5) is 16.6. The molecule has 0 saturated heterocycles. The van der Waals surface area contributed by atoms with Crippen molar-refractivity contribution in [3.8, 4) is 5.75 Å². The van der Waals surface area contributed by atoms with Crippen LogP contribution in [0.4, 0.5) is 5.69 Å². The number of nitrogens with zero attached hydrogens (tertiary/aromatic N) is 1. The molecule has 4 heteroatoms. The van der Waals surface area contributed by atoms with Gasteiger partial charge in [0.25, 0.3) is 5.91 Å². The summed E-state index contributed by atoms with van der Waals surface area (Å²) in [5.41, 5.74) is 6.15. The first kappa shape index (κ1) is 16.1. The number of amides is 1. The maximum atomic E-state index is 12.4. The Morgan fingerprint density at radius 2 is 1.96 bits per heavy atom. The third-order valence-corrected chi connectivity index (χ3v) is 4.50. The van der Waals surface area contributed by atoms with Crippen LogP contribution in [-0.4, -0.2) is 18.0 Å². The summed E-state index contributed by atoms with van der Waals surface area (Å²) in [5, 5.41) is 2.96. The van der Waals surface area contributed by atoms with Crippen LogP contribution < -0.4 is 10.1 Å². The normalized spacial score (nSPS) is 12.3. The zero-order valence-electron chi connectivity index (χ0n) is 14.4. The highest BCUT2D eigenvalue weighted by Gasteiger charge is 2.15. The van der Waals surface area contributed by atoms with Gasteiger partial charge in [-0.05, 0) is 71.1 Å². The van der Waals surface area contributed by atoms with Crippen LogP contribution in [0, 0.1) is 0 Å². The van der Waals surface area contributed by atoms with Crippen LogP contribution in [0.5, 0.6) is 5.75 Å². The van der Waals surface area contributed by atoms with Crippen molar-refractivity contribution in [2.45, 2.75) is 6.42 Å². The van der Waals surface area contributed by atoms with Crippen LogP contribution >= 0.6 is 0 Å². The summed E-state index contributed by atoms with van der Waals surface area (Å²) in [7, 11) is 1.60. The van der Waals surface area contributed by atoms with Crippen molar-refractivity contribution in [2.75, 3.05) is 12.4 Å². The SMILES string of the molecule is COc1ccc(C(=O)Nc2ccc3c(c2)C=C(c2cccnc2)C3)cc1. The Balaban J connectivity index is 1.53. The maximum Gasteiger partial charge on any atom is 0.255 e. The van der Waals surface area contributed by atoms with Gasteiger partial charge >= 0.3 is 0 Å². The standard InChI is InChI=1S/C22H18N2O2/c1-26-21-8-5-15(6-9-21)22(25)24-20-7-4-16-11-18(12-19(16)13-20)17-3-2-10-23-14-17/h2-10,12-14H,11H2,1H3,(H,24,25). The average molecular weight is 342 g/mol. The van der Waals surface area contributed by atoms with E-state index < -0.39 is 0 Å². The number of carbonyl (C=O) groups excluding carboxylic acids is 1. The maximum absolute atomic E-state index is 12.4. The number of ether oxygens (including phenoxy) is 1. The highest BCUT2D eigenvalue weighted by Crippen LogP contribution is 2.32. The molecule has 1 aliphatic carbocycles. The zero-order chi connectivity index (χ0) is 17.9. The van der Waals surface area contributed by atoms with Gasteiger partial charge in [-0.2, -0.15) is 0 Å². The number of rotatable bonds is 4. The highest BCUT2D eigenvalue weighted by atomic mass is 16.5. The van der Waals surface area contributed by atoms with E-state index in [-0.39, 0.29) is 5.91 Å². The van der Waals surface area contributed by atoms with Crippen molar-refractivity contribution in [1.29, 1.82) is 0 Å². The lowest BCUT2D eigenvalue weighted by atomic mass is 10.1. The van der Waals surface area contributed by atoms with Crippen LogP contribution in [0.15, 0.2) is 67.0 Å². The minimum atomic E-state index is -0.137. The molecule has 128 valence electrons. The number of aromatic nitrogens is 1. The van der Waals surface area contributed by atoms with Crippen molar-refractivity contribution >= 4 is 23.2 Å². The molecule has 0 fully saturated rings. The molecule has 0 bridgehead atoms. The van der Waals surface area contributed by atoms with Crippen molar-refractivity contribution in [3.05, 3.63) is 89.2 Å². The molecule has 3 aromatic rings. The van der Waals surface area contributed by atoms with Gasteiger partial charge in [0.15, 0.2) is 0 Å². The van der Waals surface area contributed by atoms with Gasteiger partial charge in [-0.15, -0.1) is 0 Å². The van der Waals surface area contributed by atoms with Gasteiger partial charge in [-0.3, -0.25) is 9.78 Å². The summed E-state index contributed by atoms with van der Waals surface area (Å²) in [6.45, 7) is 0. The van der Waals surface area contributed by atoms with Gasteiger partial charge in [-0.25, -0.2) is 0 Å². The van der Waals surface area contributed by atoms with Gasteiger partial charge in [0, 0.05) is 23.6 Å². The monoisotopic (exact) mass is 342 g/mol. The van der Waals surface area contributed by atoms with Crippen LogP contribution in [0.3, 0.4) is 0 Å². The molecule has 0 unspecified atom stereocenters. The van der Waals surface area contributed by atoms with Gasteiger partial charge in [0.2, 0.25) is 0 Å². The molecule has 1 heterocycles. The van der Waals surface area contributed by atoms with Crippen molar-refractivity contribution in [3.63, 3.8) is 0 Å². The Hall–Kier alpha value is -3.40.